The van der Waals surface area contributed by atoms with E-state index in [0.717, 1.165) is 50.5 Å². The molecule has 430 valence electrons. The van der Waals surface area contributed by atoms with E-state index in [9.17, 15) is 19.8 Å². The van der Waals surface area contributed by atoms with Gasteiger partial charge in [0.1, 0.15) is 36.6 Å². The predicted octanol–water partition coefficient (Wildman–Crippen LogP) is 6.40. The average molecular weight is 1090 g/mol. The first-order valence-electron chi connectivity index (χ1n) is 29.7. The molecule has 14 aliphatic rings. The van der Waals surface area contributed by atoms with Crippen LogP contribution in [0, 0.1) is 11.8 Å². The third kappa shape index (κ3) is 10.6. The Bertz CT molecular complexity index is 2210. The summed E-state index contributed by atoms with van der Waals surface area (Å²) in [6.45, 7) is 17.5. The van der Waals surface area contributed by atoms with E-state index < -0.39 is 72.3 Å². The van der Waals surface area contributed by atoms with Crippen LogP contribution < -0.4 is 0 Å². The maximum Gasteiger partial charge on any atom is 0.308 e. The highest BCUT2D eigenvalue weighted by Crippen LogP contribution is 2.58. The van der Waals surface area contributed by atoms with Gasteiger partial charge in [-0.2, -0.15) is 0 Å². The van der Waals surface area contributed by atoms with Crippen molar-refractivity contribution in [2.24, 2.45) is 11.8 Å². The van der Waals surface area contributed by atoms with Crippen molar-refractivity contribution in [3.8, 4) is 0 Å². The van der Waals surface area contributed by atoms with Crippen molar-refractivity contribution in [2.75, 3.05) is 6.61 Å². The summed E-state index contributed by atoms with van der Waals surface area (Å²) in [5, 5.41) is 21.2. The van der Waals surface area contributed by atoms with Gasteiger partial charge in [0.15, 0.2) is 17.9 Å². The lowest BCUT2D eigenvalue weighted by molar-refractivity contribution is -0.367. The van der Waals surface area contributed by atoms with Crippen LogP contribution >= 0.6 is 0 Å². The summed E-state index contributed by atoms with van der Waals surface area (Å²) in [5.41, 5.74) is 2.30. The number of esters is 1. The Morgan fingerprint density at radius 2 is 1.44 bits per heavy atom. The molecule has 14 fully saturated rings. The fraction of sp³-hybridized carbons (Fsp3) is 0.897. The normalized spacial score (nSPS) is 52.6. The second-order valence-electron chi connectivity index (χ2n) is 25.6. The number of carboxylic acids is 1. The molecule has 6 bridgehead atoms. The summed E-state index contributed by atoms with van der Waals surface area (Å²) in [5.74, 6) is -3.97. The van der Waals surface area contributed by atoms with Gasteiger partial charge in [-0.3, -0.25) is 9.59 Å². The number of carbonyl (C=O) groups excluding carboxylic acids is 1. The summed E-state index contributed by atoms with van der Waals surface area (Å²) in [4.78, 5) is 25.0. The molecule has 2 N–H and O–H groups in total. The molecule has 0 saturated carbocycles. The molecule has 0 aromatic carbocycles. The third-order valence-electron chi connectivity index (χ3n) is 20.0. The zero-order chi connectivity index (χ0) is 53.1. The number of aliphatic carboxylic acids is 1. The lowest BCUT2D eigenvalue weighted by atomic mass is 9.81. The number of carbonyl (C=O) groups is 2. The second kappa shape index (κ2) is 21.2. The van der Waals surface area contributed by atoms with Gasteiger partial charge in [-0.05, 0) is 101 Å². The molecule has 14 rings (SSSR count). The largest absolute Gasteiger partial charge is 0.481 e. The lowest BCUT2D eigenvalue weighted by Crippen LogP contribution is -2.62. The molecule has 77 heavy (non-hydrogen) atoms. The Balaban J connectivity index is 0.562. The Labute approximate surface area is 452 Å². The van der Waals surface area contributed by atoms with E-state index in [2.05, 4.69) is 33.9 Å². The van der Waals surface area contributed by atoms with E-state index in [1.807, 2.05) is 6.92 Å². The molecule has 14 saturated heterocycles. The highest BCUT2D eigenvalue weighted by molar-refractivity contribution is 5.70. The molecule has 14 heterocycles. The van der Waals surface area contributed by atoms with Gasteiger partial charge in [-0.25, -0.2) is 0 Å². The molecule has 14 aliphatic heterocycles. The molecule has 0 amide bonds. The van der Waals surface area contributed by atoms with E-state index in [1.54, 1.807) is 0 Å². The zero-order valence-corrected chi connectivity index (χ0v) is 45.5. The van der Waals surface area contributed by atoms with E-state index in [1.165, 1.54) is 5.57 Å². The maximum atomic E-state index is 13.7. The molecule has 0 aromatic rings. The Hall–Kier alpha value is -2.18. The smallest absolute Gasteiger partial charge is 0.308 e. The van der Waals surface area contributed by atoms with Crippen LogP contribution in [0.2, 0.25) is 0 Å². The van der Waals surface area contributed by atoms with Crippen LogP contribution in [0.15, 0.2) is 24.3 Å². The first-order valence-corrected chi connectivity index (χ1v) is 29.7. The molecule has 27 atom stereocenters. The minimum absolute atomic E-state index is 0.0116. The summed E-state index contributed by atoms with van der Waals surface area (Å²) >= 11 is 0. The van der Waals surface area contributed by atoms with Crippen LogP contribution in [-0.4, -0.2) is 181 Å². The molecule has 19 nitrogen and oxygen atoms in total. The molecular formula is C58H84O19. The average Bonchev–Trinajstić information content (AvgIpc) is 4.20. The molecule has 0 aromatic heterocycles. The number of hydrogen-bond acceptors (Lipinski definition) is 18. The Morgan fingerprint density at radius 3 is 2.26 bits per heavy atom. The lowest BCUT2D eigenvalue weighted by Gasteiger charge is -2.53. The molecule has 19 heteroatoms. The zero-order valence-electron chi connectivity index (χ0n) is 45.5. The molecular weight excluding hydrogens is 1000 g/mol. The van der Waals surface area contributed by atoms with Gasteiger partial charge in [0.2, 0.25) is 5.79 Å². The summed E-state index contributed by atoms with van der Waals surface area (Å²) < 4.78 is 98.1. The number of ether oxygens (including phenoxy) is 15. The number of carboxylic acid groups (broad SMARTS) is 1. The third-order valence-corrected chi connectivity index (χ3v) is 20.0. The summed E-state index contributed by atoms with van der Waals surface area (Å²) in [7, 11) is 0. The van der Waals surface area contributed by atoms with Crippen molar-refractivity contribution >= 4 is 11.9 Å². The number of hydrogen-bond donors (Lipinski definition) is 2. The second-order valence-corrected chi connectivity index (χ2v) is 25.6. The SMILES string of the molecule is C=C1C[C@H](CC[C@@]23CC4(O)O[C@H]5[C@@H](O2)[C@H]2O[C@@H](CC(=O)O[C@H]6CO[C@H]7C[C@H]8O[C@@H](O[C@H]9CC[C@@]%10(C[C@H](C)[C@@H]%11O[C@H](CC(=O)O)CC[C@@H]%11O%10)O[C@H]9C)CC8OC7C6)CC[C@@H]2O[C@H]5C4O3)O[C@H]1CC[C@H]1C[C@@H](C)C(=C)[C@@H](CC)O1. The van der Waals surface area contributed by atoms with E-state index in [4.69, 9.17) is 71.1 Å². The molecule has 1 spiro atoms. The van der Waals surface area contributed by atoms with Crippen LogP contribution in [-0.2, 0) is 80.6 Å². The molecule has 4 unspecified atom stereocenters. The Morgan fingerprint density at radius 1 is 0.675 bits per heavy atom. The maximum absolute atomic E-state index is 13.7. The van der Waals surface area contributed by atoms with Crippen LogP contribution in [0.25, 0.3) is 0 Å². The van der Waals surface area contributed by atoms with E-state index >= 15 is 0 Å². The van der Waals surface area contributed by atoms with E-state index in [-0.39, 0.29) is 123 Å². The summed E-state index contributed by atoms with van der Waals surface area (Å²) in [6.07, 6.45) is 6.28. The standard InChI is InChI=1S/C58H84O19/c1-7-38-31(5)28(2)18-33(64-38)8-11-39-29(3)19-36(65-39)14-16-57-27-58(62)55(77-57)54-53(76-58)52(75-57)51-41(72-54)12-9-35(68-51)22-48(61)66-37-20-44-43(63-26-37)23-45-46(69-44)24-49(71-45)70-40-15-17-56(73-32(40)6)25-30(4)50-42(74-56)13-10-34(67-50)21-47(59)60/h28,30,32-46,49-55,62H,3,5,7-27H2,1-2,4,6H3,(H,59,60)/t28-,30+,32+,33+,34+,35-,36+,37-,38-,39+,40+,41+,42+,43+,44?,45-,46?,49-,50+,51+,52+,53+,54-,55?,56-,57-,58?/m1/s1. The van der Waals surface area contributed by atoms with Crippen molar-refractivity contribution in [3.63, 3.8) is 0 Å². The van der Waals surface area contributed by atoms with Crippen molar-refractivity contribution in [3.05, 3.63) is 24.3 Å². The van der Waals surface area contributed by atoms with Crippen molar-refractivity contribution in [2.45, 2.75) is 308 Å². The van der Waals surface area contributed by atoms with Crippen molar-refractivity contribution in [1.29, 1.82) is 0 Å². The highest BCUT2D eigenvalue weighted by atomic mass is 16.8. The van der Waals surface area contributed by atoms with Crippen LogP contribution in [0.3, 0.4) is 0 Å². The number of rotatable bonds is 14. The topological polar surface area (TPSA) is 213 Å². The highest BCUT2D eigenvalue weighted by Gasteiger charge is 2.74. The van der Waals surface area contributed by atoms with Gasteiger partial charge in [0.25, 0.3) is 0 Å². The van der Waals surface area contributed by atoms with Gasteiger partial charge in [-0.15, -0.1) is 0 Å². The van der Waals surface area contributed by atoms with E-state index in [0.29, 0.717) is 70.1 Å². The first kappa shape index (κ1) is 54.1. The van der Waals surface area contributed by atoms with Gasteiger partial charge < -0.3 is 81.3 Å². The van der Waals surface area contributed by atoms with Gasteiger partial charge in [0.05, 0.1) is 117 Å². The predicted molar refractivity (Wildman–Crippen MR) is 268 cm³/mol. The number of fused-ring (bicyclic) bond motifs is 4. The number of aliphatic hydroxyl groups is 1. The van der Waals surface area contributed by atoms with Gasteiger partial charge in [-0.1, -0.05) is 33.9 Å². The van der Waals surface area contributed by atoms with Crippen LogP contribution in [0.4, 0.5) is 0 Å². The van der Waals surface area contributed by atoms with Gasteiger partial charge >= 0.3 is 11.9 Å². The quantitative estimate of drug-likeness (QED) is 0.142. The molecule has 0 radical (unpaired) electrons. The fourth-order valence-electron chi connectivity index (χ4n) is 16.2. The Kier molecular flexibility index (Phi) is 14.9. The molecule has 0 aliphatic carbocycles. The van der Waals surface area contributed by atoms with Crippen LogP contribution in [0.5, 0.6) is 0 Å². The minimum Gasteiger partial charge on any atom is -0.481 e. The fourth-order valence-corrected chi connectivity index (χ4v) is 16.2. The first-order chi connectivity index (χ1) is 37.0. The van der Waals surface area contributed by atoms with Crippen LogP contribution in [0.1, 0.15) is 156 Å². The summed E-state index contributed by atoms with van der Waals surface area (Å²) in [6, 6.07) is 0. The van der Waals surface area contributed by atoms with Crippen molar-refractivity contribution in [1.82, 2.24) is 0 Å². The monoisotopic (exact) mass is 1080 g/mol. The van der Waals surface area contributed by atoms with Crippen molar-refractivity contribution < 1.29 is 90.9 Å². The van der Waals surface area contributed by atoms with Gasteiger partial charge in [0, 0.05) is 38.5 Å². The minimum atomic E-state index is -1.54.